The molecule has 1 saturated heterocycles. The van der Waals surface area contributed by atoms with Gasteiger partial charge in [0.05, 0.1) is 0 Å². The molecule has 2 N–H and O–H groups in total. The van der Waals surface area contributed by atoms with E-state index in [1.807, 2.05) is 12.4 Å². The lowest BCUT2D eigenvalue weighted by molar-refractivity contribution is 0.403. The zero-order valence-corrected chi connectivity index (χ0v) is 18.4. The number of aromatic nitrogens is 2. The highest BCUT2D eigenvalue weighted by Crippen LogP contribution is 2.23. The van der Waals surface area contributed by atoms with Gasteiger partial charge in [0, 0.05) is 55.7 Å². The number of fused-ring (bicyclic) bond motifs is 1. The van der Waals surface area contributed by atoms with Crippen LogP contribution in [0.25, 0.3) is 11.1 Å². The summed E-state index contributed by atoms with van der Waals surface area (Å²) in [6.45, 7) is 7.20. The third kappa shape index (κ3) is 4.63. The Morgan fingerprint density at radius 1 is 0.871 bits per heavy atom. The maximum Gasteiger partial charge on any atom is 0.225 e. The van der Waals surface area contributed by atoms with Crippen molar-refractivity contribution in [2.75, 3.05) is 18.0 Å². The molecule has 0 spiro atoms. The molecule has 0 unspecified atom stereocenters. The topological polar surface area (TPSA) is 53.1 Å². The van der Waals surface area contributed by atoms with Crippen molar-refractivity contribution in [2.24, 2.45) is 0 Å². The smallest absolute Gasteiger partial charge is 0.225 e. The molecule has 5 heteroatoms. The molecule has 2 heterocycles. The number of rotatable bonds is 5. The van der Waals surface area contributed by atoms with Crippen molar-refractivity contribution in [3.63, 3.8) is 0 Å². The Hall–Kier alpha value is -2.76. The van der Waals surface area contributed by atoms with Crippen LogP contribution in [-0.2, 0) is 19.4 Å². The first-order valence-corrected chi connectivity index (χ1v) is 11.4. The van der Waals surface area contributed by atoms with Gasteiger partial charge in [0.25, 0.3) is 0 Å². The monoisotopic (exact) mass is 413 g/mol. The van der Waals surface area contributed by atoms with Crippen LogP contribution < -0.4 is 15.5 Å². The van der Waals surface area contributed by atoms with Gasteiger partial charge in [-0.2, -0.15) is 0 Å². The molecule has 2 aliphatic rings. The first kappa shape index (κ1) is 20.2. The van der Waals surface area contributed by atoms with Crippen LogP contribution in [0, 0.1) is 0 Å². The Balaban J connectivity index is 1.18. The van der Waals surface area contributed by atoms with E-state index in [0.717, 1.165) is 49.6 Å². The average Bonchev–Trinajstić information content (AvgIpc) is 3.21. The van der Waals surface area contributed by atoms with Crippen LogP contribution in [-0.4, -0.2) is 41.2 Å². The summed E-state index contributed by atoms with van der Waals surface area (Å²) in [5, 5.41) is 7.27. The van der Waals surface area contributed by atoms with Crippen LogP contribution >= 0.6 is 0 Å². The normalized spacial score (nSPS) is 21.3. The van der Waals surface area contributed by atoms with Crippen LogP contribution in [0.5, 0.6) is 0 Å². The van der Waals surface area contributed by atoms with E-state index >= 15 is 0 Å². The summed E-state index contributed by atoms with van der Waals surface area (Å²) >= 11 is 0. The number of nitrogens with one attached hydrogen (secondary N) is 2. The van der Waals surface area contributed by atoms with Crippen molar-refractivity contribution in [2.45, 2.75) is 51.4 Å². The second-order valence-electron chi connectivity index (χ2n) is 9.10. The lowest BCUT2D eigenvalue weighted by Gasteiger charge is -2.36. The van der Waals surface area contributed by atoms with Gasteiger partial charge in [-0.1, -0.05) is 48.5 Å². The summed E-state index contributed by atoms with van der Waals surface area (Å²) in [6.07, 6.45) is 6.15. The van der Waals surface area contributed by atoms with Crippen molar-refractivity contribution >= 4 is 5.95 Å². The lowest BCUT2D eigenvalue weighted by atomic mass is 10.1. The number of benzene rings is 2. The molecule has 0 bridgehead atoms. The highest BCUT2D eigenvalue weighted by molar-refractivity contribution is 5.62. The maximum absolute atomic E-state index is 4.65. The summed E-state index contributed by atoms with van der Waals surface area (Å²) in [5.41, 5.74) is 6.50. The number of piperazine rings is 1. The van der Waals surface area contributed by atoms with E-state index in [1.54, 1.807) is 0 Å². The number of hydrogen-bond donors (Lipinski definition) is 2. The third-order valence-corrected chi connectivity index (χ3v) is 6.41. The summed E-state index contributed by atoms with van der Waals surface area (Å²) in [4.78, 5) is 11.6. The van der Waals surface area contributed by atoms with Gasteiger partial charge in [-0.05, 0) is 48.9 Å². The molecule has 0 saturated carbocycles. The maximum atomic E-state index is 4.65. The van der Waals surface area contributed by atoms with E-state index in [9.17, 15) is 0 Å². The molecule has 1 aromatic heterocycles. The molecule has 3 aromatic rings. The van der Waals surface area contributed by atoms with Gasteiger partial charge < -0.3 is 15.5 Å². The molecule has 31 heavy (non-hydrogen) atoms. The SMILES string of the molecule is C[C@@H]1CN(c2ncc(-c3ccc(CNC4Cc5ccccc5C4)cc3)cn2)C[C@H](C)N1. The largest absolute Gasteiger partial charge is 0.338 e. The highest BCUT2D eigenvalue weighted by atomic mass is 15.3. The van der Waals surface area contributed by atoms with Gasteiger partial charge in [0.1, 0.15) is 0 Å². The molecule has 0 amide bonds. The Kier molecular flexibility index (Phi) is 5.70. The minimum Gasteiger partial charge on any atom is -0.338 e. The quantitative estimate of drug-likeness (QED) is 0.670. The second kappa shape index (κ2) is 8.77. The van der Waals surface area contributed by atoms with Gasteiger partial charge >= 0.3 is 0 Å². The van der Waals surface area contributed by atoms with Crippen molar-refractivity contribution in [3.8, 4) is 11.1 Å². The predicted molar refractivity (Wildman–Crippen MR) is 126 cm³/mol. The second-order valence-corrected chi connectivity index (χ2v) is 9.10. The van der Waals surface area contributed by atoms with Gasteiger partial charge in [-0.15, -0.1) is 0 Å². The van der Waals surface area contributed by atoms with Crippen LogP contribution in [0.1, 0.15) is 30.5 Å². The molecule has 1 aliphatic carbocycles. The fourth-order valence-electron chi connectivity index (χ4n) is 4.90. The lowest BCUT2D eigenvalue weighted by Crippen LogP contribution is -2.54. The zero-order valence-electron chi connectivity index (χ0n) is 18.4. The van der Waals surface area contributed by atoms with E-state index in [2.05, 4.69) is 87.9 Å². The van der Waals surface area contributed by atoms with Crippen LogP contribution in [0.2, 0.25) is 0 Å². The molecule has 160 valence electrons. The minimum atomic E-state index is 0.451. The first-order chi connectivity index (χ1) is 15.1. The zero-order chi connectivity index (χ0) is 21.2. The van der Waals surface area contributed by atoms with Crippen LogP contribution in [0.3, 0.4) is 0 Å². The number of anilines is 1. The molecule has 1 aliphatic heterocycles. The predicted octanol–water partition coefficient (Wildman–Crippen LogP) is 3.59. The minimum absolute atomic E-state index is 0.451. The summed E-state index contributed by atoms with van der Waals surface area (Å²) < 4.78 is 0. The Bertz CT molecular complexity index is 980. The average molecular weight is 414 g/mol. The molecule has 1 fully saturated rings. The Morgan fingerprint density at radius 3 is 2.10 bits per heavy atom. The fourth-order valence-corrected chi connectivity index (χ4v) is 4.90. The molecular formula is C26H31N5. The number of hydrogen-bond acceptors (Lipinski definition) is 5. The van der Waals surface area contributed by atoms with E-state index in [1.165, 1.54) is 16.7 Å². The van der Waals surface area contributed by atoms with Gasteiger partial charge in [-0.3, -0.25) is 0 Å². The van der Waals surface area contributed by atoms with E-state index in [4.69, 9.17) is 0 Å². The Morgan fingerprint density at radius 2 is 1.48 bits per heavy atom. The standard InChI is InChI=1S/C26H31N5/c1-18-16-31(17-19(2)30-18)26-28-14-24(15-29-26)21-9-7-20(8-10-21)13-27-25-11-22-5-3-4-6-23(22)12-25/h3-10,14-15,18-19,25,27,30H,11-13,16-17H2,1-2H3/t18-,19+. The number of nitrogens with zero attached hydrogens (tertiary/aromatic N) is 3. The highest BCUT2D eigenvalue weighted by Gasteiger charge is 2.23. The van der Waals surface area contributed by atoms with Gasteiger partial charge in [0.15, 0.2) is 0 Å². The molecule has 5 nitrogen and oxygen atoms in total. The molecule has 2 atom stereocenters. The van der Waals surface area contributed by atoms with Crippen molar-refractivity contribution in [1.82, 2.24) is 20.6 Å². The molecular weight excluding hydrogens is 382 g/mol. The van der Waals surface area contributed by atoms with Gasteiger partial charge in [0.2, 0.25) is 5.95 Å². The van der Waals surface area contributed by atoms with Crippen molar-refractivity contribution in [1.29, 1.82) is 0 Å². The van der Waals surface area contributed by atoms with Crippen LogP contribution in [0.15, 0.2) is 60.9 Å². The molecule has 0 radical (unpaired) electrons. The summed E-state index contributed by atoms with van der Waals surface area (Å²) in [7, 11) is 0. The fraction of sp³-hybridized carbons (Fsp3) is 0.385. The van der Waals surface area contributed by atoms with Crippen molar-refractivity contribution < 1.29 is 0 Å². The van der Waals surface area contributed by atoms with E-state index < -0.39 is 0 Å². The van der Waals surface area contributed by atoms with Crippen molar-refractivity contribution in [3.05, 3.63) is 77.6 Å². The first-order valence-electron chi connectivity index (χ1n) is 11.4. The Labute approximate surface area is 184 Å². The van der Waals surface area contributed by atoms with E-state index in [0.29, 0.717) is 18.1 Å². The summed E-state index contributed by atoms with van der Waals surface area (Å²) in [6, 6.07) is 19.0. The van der Waals surface area contributed by atoms with Gasteiger partial charge in [-0.25, -0.2) is 9.97 Å². The molecule has 5 rings (SSSR count). The van der Waals surface area contributed by atoms with Crippen LogP contribution in [0.4, 0.5) is 5.95 Å². The third-order valence-electron chi connectivity index (χ3n) is 6.41. The summed E-state index contributed by atoms with van der Waals surface area (Å²) in [5.74, 6) is 0.822. The van der Waals surface area contributed by atoms with E-state index in [-0.39, 0.29) is 0 Å². The molecule has 2 aromatic carbocycles.